The number of hydrogen-bond donors (Lipinski definition) is 0. The van der Waals surface area contributed by atoms with Crippen LogP contribution in [0, 0.1) is 0 Å². The van der Waals surface area contributed by atoms with E-state index >= 15 is 0 Å². The Labute approximate surface area is 188 Å². The highest BCUT2D eigenvalue weighted by Gasteiger charge is 2.45. The molecule has 0 aliphatic carbocycles. The minimum atomic E-state index is -0.309. The van der Waals surface area contributed by atoms with Gasteiger partial charge in [0.1, 0.15) is 24.6 Å². The summed E-state index contributed by atoms with van der Waals surface area (Å²) in [5, 5.41) is 0. The third-order valence-corrected chi connectivity index (χ3v) is 6.13. The van der Waals surface area contributed by atoms with Crippen molar-refractivity contribution in [1.82, 2.24) is 9.88 Å². The first-order chi connectivity index (χ1) is 15.7. The Balaban J connectivity index is 1.21. The van der Waals surface area contributed by atoms with Gasteiger partial charge in [-0.25, -0.2) is 0 Å². The van der Waals surface area contributed by atoms with Gasteiger partial charge < -0.3 is 14.4 Å². The summed E-state index contributed by atoms with van der Waals surface area (Å²) in [6, 6.07) is 23.9. The lowest BCUT2D eigenvalue weighted by atomic mass is 10.00. The van der Waals surface area contributed by atoms with E-state index < -0.39 is 0 Å². The van der Waals surface area contributed by atoms with Crippen LogP contribution in [0.3, 0.4) is 0 Å². The zero-order chi connectivity index (χ0) is 21.8. The van der Waals surface area contributed by atoms with Gasteiger partial charge in [0, 0.05) is 31.5 Å². The van der Waals surface area contributed by atoms with Crippen LogP contribution in [0.1, 0.15) is 17.7 Å². The molecular formula is C26H27N3O3. The number of benzene rings is 2. The van der Waals surface area contributed by atoms with Crippen molar-refractivity contribution in [1.29, 1.82) is 0 Å². The van der Waals surface area contributed by atoms with Crippen molar-refractivity contribution in [3.05, 3.63) is 90.3 Å². The molecule has 32 heavy (non-hydrogen) atoms. The van der Waals surface area contributed by atoms with Crippen LogP contribution in [0.2, 0.25) is 0 Å². The van der Waals surface area contributed by atoms with Crippen LogP contribution in [-0.4, -0.2) is 47.6 Å². The molecule has 3 aromatic rings. The highest BCUT2D eigenvalue weighted by Crippen LogP contribution is 2.33. The molecule has 3 heterocycles. The lowest BCUT2D eigenvalue weighted by molar-refractivity contribution is -0.137. The molecular weight excluding hydrogens is 402 g/mol. The maximum atomic E-state index is 12.5. The number of carbonyl (C=O) groups excluding carboxylic acids is 1. The number of ether oxygens (including phenoxy) is 2. The molecule has 5 rings (SSSR count). The topological polar surface area (TPSA) is 54.9 Å². The molecule has 0 radical (unpaired) electrons. The average Bonchev–Trinajstić information content (AvgIpc) is 3.23. The Bertz CT molecular complexity index is 1060. The van der Waals surface area contributed by atoms with Gasteiger partial charge >= 0.3 is 0 Å². The molecule has 1 amide bonds. The molecule has 6 nitrogen and oxygen atoms in total. The third-order valence-electron chi connectivity index (χ3n) is 6.13. The molecule has 0 N–H and O–H groups in total. The van der Waals surface area contributed by atoms with Crippen LogP contribution >= 0.6 is 0 Å². The number of amides is 1. The number of para-hydroxylation sites is 1. The van der Waals surface area contributed by atoms with Gasteiger partial charge in [-0.05, 0) is 48.4 Å². The number of hydrogen-bond acceptors (Lipinski definition) is 5. The monoisotopic (exact) mass is 429 g/mol. The number of rotatable bonds is 6. The first-order valence-electron chi connectivity index (χ1n) is 11.0. The van der Waals surface area contributed by atoms with Crippen LogP contribution in [-0.2, 0) is 22.7 Å². The van der Waals surface area contributed by atoms with E-state index in [2.05, 4.69) is 22.0 Å². The van der Waals surface area contributed by atoms with Crippen LogP contribution in [0.4, 0.5) is 5.69 Å². The van der Waals surface area contributed by atoms with Gasteiger partial charge in [0.15, 0.2) is 0 Å². The highest BCUT2D eigenvalue weighted by molar-refractivity contribution is 5.95. The van der Waals surface area contributed by atoms with E-state index in [1.54, 1.807) is 6.20 Å². The number of morpholine rings is 1. The van der Waals surface area contributed by atoms with Gasteiger partial charge in [0.05, 0.1) is 12.2 Å². The van der Waals surface area contributed by atoms with Crippen LogP contribution < -0.4 is 9.64 Å². The molecule has 2 aliphatic rings. The van der Waals surface area contributed by atoms with Crippen LogP contribution in [0.25, 0.3) is 0 Å². The summed E-state index contributed by atoms with van der Waals surface area (Å²) < 4.78 is 12.0. The Morgan fingerprint density at radius 3 is 2.72 bits per heavy atom. The second kappa shape index (κ2) is 9.10. The summed E-state index contributed by atoms with van der Waals surface area (Å²) >= 11 is 0. The molecule has 0 unspecified atom stereocenters. The molecule has 0 saturated carbocycles. The smallest absolute Gasteiger partial charge is 0.253 e. The second-order valence-corrected chi connectivity index (χ2v) is 8.50. The number of pyridine rings is 1. The Morgan fingerprint density at radius 2 is 1.88 bits per heavy atom. The molecule has 1 atom stereocenters. The van der Waals surface area contributed by atoms with Gasteiger partial charge in [-0.1, -0.05) is 36.4 Å². The molecule has 1 aromatic heterocycles. The summed E-state index contributed by atoms with van der Waals surface area (Å²) in [7, 11) is 0. The lowest BCUT2D eigenvalue weighted by Gasteiger charge is -2.40. The van der Waals surface area contributed by atoms with Crippen LogP contribution in [0.5, 0.6) is 5.75 Å². The van der Waals surface area contributed by atoms with Crippen LogP contribution in [0.15, 0.2) is 79.0 Å². The second-order valence-electron chi connectivity index (χ2n) is 8.50. The van der Waals surface area contributed by atoms with E-state index in [1.165, 1.54) is 5.56 Å². The van der Waals surface area contributed by atoms with E-state index in [4.69, 9.17) is 9.47 Å². The largest absolute Gasteiger partial charge is 0.487 e. The van der Waals surface area contributed by atoms with E-state index in [-0.39, 0.29) is 18.1 Å². The quantitative estimate of drug-likeness (QED) is 0.599. The SMILES string of the molecule is O=C1CO[C@@]2(CCN(Cc3cccc(OCc4ccccn4)c3)C2)CN1c1ccccc1. The van der Waals surface area contributed by atoms with Gasteiger partial charge in [-0.2, -0.15) is 0 Å². The number of anilines is 1. The third kappa shape index (κ3) is 4.66. The Kier molecular flexibility index (Phi) is 5.88. The lowest BCUT2D eigenvalue weighted by Crippen LogP contribution is -2.56. The Hall–Kier alpha value is -3.22. The number of likely N-dealkylation sites (tertiary alicyclic amines) is 1. The maximum absolute atomic E-state index is 12.5. The molecule has 2 saturated heterocycles. The molecule has 2 aromatic carbocycles. The molecule has 0 bridgehead atoms. The summed E-state index contributed by atoms with van der Waals surface area (Å²) in [4.78, 5) is 21.1. The van der Waals surface area contributed by atoms with Crippen molar-refractivity contribution in [2.75, 3.05) is 31.1 Å². The highest BCUT2D eigenvalue weighted by atomic mass is 16.5. The van der Waals surface area contributed by atoms with E-state index in [1.807, 2.05) is 65.6 Å². The Morgan fingerprint density at radius 1 is 1.00 bits per heavy atom. The van der Waals surface area contributed by atoms with Gasteiger partial charge in [0.25, 0.3) is 5.91 Å². The van der Waals surface area contributed by atoms with E-state index in [0.717, 1.165) is 43.2 Å². The number of nitrogens with zero attached hydrogens (tertiary/aromatic N) is 3. The van der Waals surface area contributed by atoms with E-state index in [0.29, 0.717) is 13.2 Å². The predicted molar refractivity (Wildman–Crippen MR) is 122 cm³/mol. The predicted octanol–water partition coefficient (Wildman–Crippen LogP) is 3.67. The number of carbonyl (C=O) groups is 1. The summed E-state index contributed by atoms with van der Waals surface area (Å²) in [6.45, 7) is 3.76. The summed E-state index contributed by atoms with van der Waals surface area (Å²) in [5.41, 5.74) is 2.74. The maximum Gasteiger partial charge on any atom is 0.253 e. The molecule has 164 valence electrons. The van der Waals surface area contributed by atoms with Gasteiger partial charge in [-0.15, -0.1) is 0 Å². The molecule has 2 aliphatic heterocycles. The van der Waals surface area contributed by atoms with Gasteiger partial charge in [0.2, 0.25) is 0 Å². The summed E-state index contributed by atoms with van der Waals surface area (Å²) in [5.74, 6) is 0.870. The fourth-order valence-electron chi connectivity index (χ4n) is 4.50. The number of aromatic nitrogens is 1. The first kappa shape index (κ1) is 20.7. The van der Waals surface area contributed by atoms with Crippen molar-refractivity contribution >= 4 is 11.6 Å². The normalized spacial score (nSPS) is 21.2. The van der Waals surface area contributed by atoms with Crippen molar-refractivity contribution < 1.29 is 14.3 Å². The molecule has 2 fully saturated rings. The van der Waals surface area contributed by atoms with Crippen molar-refractivity contribution in [2.45, 2.75) is 25.2 Å². The van der Waals surface area contributed by atoms with E-state index in [9.17, 15) is 4.79 Å². The van der Waals surface area contributed by atoms with Crippen molar-refractivity contribution in [2.24, 2.45) is 0 Å². The summed E-state index contributed by atoms with van der Waals surface area (Å²) in [6.07, 6.45) is 2.69. The zero-order valence-electron chi connectivity index (χ0n) is 18.0. The fourth-order valence-corrected chi connectivity index (χ4v) is 4.50. The van der Waals surface area contributed by atoms with Crippen molar-refractivity contribution in [3.63, 3.8) is 0 Å². The zero-order valence-corrected chi connectivity index (χ0v) is 18.0. The van der Waals surface area contributed by atoms with Crippen molar-refractivity contribution in [3.8, 4) is 5.75 Å². The standard InChI is InChI=1S/C26H27N3O3/c30-25-18-32-26(20-29(25)23-9-2-1-3-10-23)12-14-28(19-26)16-21-7-6-11-24(15-21)31-17-22-8-4-5-13-27-22/h1-11,13,15H,12,14,16-20H2/t26-/m1/s1. The molecule has 1 spiro atoms. The minimum absolute atomic E-state index is 0.0260. The minimum Gasteiger partial charge on any atom is -0.487 e. The fraction of sp³-hybridized carbons (Fsp3) is 0.308. The van der Waals surface area contributed by atoms with Gasteiger partial charge in [-0.3, -0.25) is 14.7 Å². The average molecular weight is 430 g/mol. The molecule has 6 heteroatoms. The first-order valence-corrected chi connectivity index (χ1v) is 11.0.